The highest BCUT2D eigenvalue weighted by Gasteiger charge is 2.16. The molecule has 1 heterocycles. The van der Waals surface area contributed by atoms with Crippen LogP contribution in [0.25, 0.3) is 0 Å². The van der Waals surface area contributed by atoms with E-state index in [0.29, 0.717) is 12.0 Å². The maximum absolute atomic E-state index is 5.61. The zero-order valence-corrected chi connectivity index (χ0v) is 7.47. The number of rotatable bonds is 2. The summed E-state index contributed by atoms with van der Waals surface area (Å²) in [4.78, 5) is 0. The van der Waals surface area contributed by atoms with E-state index in [4.69, 9.17) is 5.73 Å². The third-order valence-corrected chi connectivity index (χ3v) is 2.66. The number of hydrogen-bond donors (Lipinski definition) is 2. The molecular formula is C9H20N2. The monoisotopic (exact) mass is 156 g/mol. The van der Waals surface area contributed by atoms with Gasteiger partial charge in [0.25, 0.3) is 0 Å². The SMILES string of the molecule is CC(CN)C1CCCCCN1. The fraction of sp³-hybridized carbons (Fsp3) is 1.00. The van der Waals surface area contributed by atoms with Gasteiger partial charge in [-0.15, -0.1) is 0 Å². The van der Waals surface area contributed by atoms with Gasteiger partial charge in [-0.2, -0.15) is 0 Å². The second-order valence-electron chi connectivity index (χ2n) is 3.62. The Hall–Kier alpha value is -0.0800. The molecule has 2 nitrogen and oxygen atoms in total. The summed E-state index contributed by atoms with van der Waals surface area (Å²) < 4.78 is 0. The Morgan fingerprint density at radius 1 is 1.45 bits per heavy atom. The van der Waals surface area contributed by atoms with Crippen LogP contribution < -0.4 is 11.1 Å². The number of hydrogen-bond acceptors (Lipinski definition) is 2. The molecule has 0 amide bonds. The highest BCUT2D eigenvalue weighted by Crippen LogP contribution is 2.13. The lowest BCUT2D eigenvalue weighted by Crippen LogP contribution is -2.37. The smallest absolute Gasteiger partial charge is 0.0105 e. The summed E-state index contributed by atoms with van der Waals surface area (Å²) >= 11 is 0. The number of nitrogens with one attached hydrogen (secondary N) is 1. The molecule has 1 fully saturated rings. The Balaban J connectivity index is 2.30. The first-order valence-electron chi connectivity index (χ1n) is 4.78. The first kappa shape index (κ1) is 9.01. The maximum Gasteiger partial charge on any atom is 0.0105 e. The molecule has 0 saturated carbocycles. The van der Waals surface area contributed by atoms with Crippen molar-refractivity contribution >= 4 is 0 Å². The van der Waals surface area contributed by atoms with Crippen LogP contribution >= 0.6 is 0 Å². The minimum absolute atomic E-state index is 0.646. The van der Waals surface area contributed by atoms with Crippen molar-refractivity contribution in [3.05, 3.63) is 0 Å². The Morgan fingerprint density at radius 2 is 2.27 bits per heavy atom. The van der Waals surface area contributed by atoms with Gasteiger partial charge in [-0.05, 0) is 31.8 Å². The molecule has 0 aromatic rings. The van der Waals surface area contributed by atoms with Crippen LogP contribution in [-0.4, -0.2) is 19.1 Å². The Kier molecular flexibility index (Phi) is 3.87. The first-order valence-corrected chi connectivity index (χ1v) is 4.78. The van der Waals surface area contributed by atoms with Crippen LogP contribution in [0.2, 0.25) is 0 Å². The molecule has 0 spiro atoms. The van der Waals surface area contributed by atoms with Crippen molar-refractivity contribution in [1.29, 1.82) is 0 Å². The average molecular weight is 156 g/mol. The fourth-order valence-electron chi connectivity index (χ4n) is 1.71. The van der Waals surface area contributed by atoms with E-state index >= 15 is 0 Å². The lowest BCUT2D eigenvalue weighted by atomic mass is 9.98. The maximum atomic E-state index is 5.61. The van der Waals surface area contributed by atoms with Crippen LogP contribution in [0.1, 0.15) is 32.6 Å². The van der Waals surface area contributed by atoms with Crippen LogP contribution in [0, 0.1) is 5.92 Å². The zero-order valence-electron chi connectivity index (χ0n) is 7.47. The predicted octanol–water partition coefficient (Wildman–Crippen LogP) is 1.11. The molecule has 0 aliphatic carbocycles. The molecule has 0 bridgehead atoms. The minimum Gasteiger partial charge on any atom is -0.330 e. The predicted molar refractivity (Wildman–Crippen MR) is 48.5 cm³/mol. The van der Waals surface area contributed by atoms with Gasteiger partial charge in [0.05, 0.1) is 0 Å². The Labute approximate surface area is 69.5 Å². The molecule has 0 aromatic heterocycles. The average Bonchev–Trinajstić information content (AvgIpc) is 2.30. The lowest BCUT2D eigenvalue weighted by Gasteiger charge is -2.21. The van der Waals surface area contributed by atoms with Crippen molar-refractivity contribution in [3.8, 4) is 0 Å². The van der Waals surface area contributed by atoms with Crippen LogP contribution in [0.15, 0.2) is 0 Å². The van der Waals surface area contributed by atoms with Crippen LogP contribution in [0.5, 0.6) is 0 Å². The van der Waals surface area contributed by atoms with E-state index in [2.05, 4.69) is 12.2 Å². The second-order valence-corrected chi connectivity index (χ2v) is 3.62. The summed E-state index contributed by atoms with van der Waals surface area (Å²) in [5, 5.41) is 3.55. The molecule has 11 heavy (non-hydrogen) atoms. The first-order chi connectivity index (χ1) is 5.34. The van der Waals surface area contributed by atoms with Crippen molar-refractivity contribution in [2.24, 2.45) is 11.7 Å². The molecule has 1 aliphatic rings. The van der Waals surface area contributed by atoms with Gasteiger partial charge in [-0.3, -0.25) is 0 Å². The molecule has 2 heteroatoms. The molecule has 0 aromatic carbocycles. The summed E-state index contributed by atoms with van der Waals surface area (Å²) in [6.07, 6.45) is 5.43. The van der Waals surface area contributed by atoms with Gasteiger partial charge in [-0.25, -0.2) is 0 Å². The zero-order chi connectivity index (χ0) is 8.10. The van der Waals surface area contributed by atoms with Gasteiger partial charge in [0, 0.05) is 6.04 Å². The van der Waals surface area contributed by atoms with E-state index in [9.17, 15) is 0 Å². The largest absolute Gasteiger partial charge is 0.330 e. The summed E-state index contributed by atoms with van der Waals surface area (Å²) in [7, 11) is 0. The molecule has 1 aliphatic heterocycles. The normalized spacial score (nSPS) is 29.5. The molecule has 66 valence electrons. The van der Waals surface area contributed by atoms with Crippen LogP contribution in [-0.2, 0) is 0 Å². The van der Waals surface area contributed by atoms with E-state index in [0.717, 1.165) is 6.54 Å². The van der Waals surface area contributed by atoms with Gasteiger partial charge >= 0.3 is 0 Å². The quantitative estimate of drug-likeness (QED) is 0.628. The van der Waals surface area contributed by atoms with E-state index < -0.39 is 0 Å². The highest BCUT2D eigenvalue weighted by atomic mass is 14.9. The Bertz CT molecular complexity index is 95.7. The van der Waals surface area contributed by atoms with E-state index in [1.807, 2.05) is 0 Å². The molecular weight excluding hydrogens is 136 g/mol. The summed E-state index contributed by atoms with van der Waals surface area (Å²) in [5.41, 5.74) is 5.61. The molecule has 2 atom stereocenters. The molecule has 2 unspecified atom stereocenters. The van der Waals surface area contributed by atoms with Crippen molar-refractivity contribution in [3.63, 3.8) is 0 Å². The van der Waals surface area contributed by atoms with Crippen molar-refractivity contribution in [1.82, 2.24) is 5.32 Å². The van der Waals surface area contributed by atoms with Crippen molar-refractivity contribution < 1.29 is 0 Å². The second kappa shape index (κ2) is 4.73. The van der Waals surface area contributed by atoms with Gasteiger partial charge < -0.3 is 11.1 Å². The van der Waals surface area contributed by atoms with Crippen LogP contribution in [0.3, 0.4) is 0 Å². The van der Waals surface area contributed by atoms with Gasteiger partial charge in [0.2, 0.25) is 0 Å². The number of nitrogens with two attached hydrogens (primary N) is 1. The summed E-state index contributed by atoms with van der Waals surface area (Å²) in [6.45, 7) is 4.25. The topological polar surface area (TPSA) is 38.0 Å². The van der Waals surface area contributed by atoms with E-state index in [1.54, 1.807) is 0 Å². The van der Waals surface area contributed by atoms with E-state index in [-0.39, 0.29) is 0 Å². The van der Waals surface area contributed by atoms with Crippen molar-refractivity contribution in [2.75, 3.05) is 13.1 Å². The molecule has 1 rings (SSSR count). The van der Waals surface area contributed by atoms with Gasteiger partial charge in [-0.1, -0.05) is 19.8 Å². The standard InChI is InChI=1S/C9H20N2/c1-8(7-10)9-5-3-2-4-6-11-9/h8-9,11H,2-7,10H2,1H3. The third kappa shape index (κ3) is 2.80. The third-order valence-electron chi connectivity index (χ3n) is 2.66. The highest BCUT2D eigenvalue weighted by molar-refractivity contribution is 4.76. The van der Waals surface area contributed by atoms with Crippen molar-refractivity contribution in [2.45, 2.75) is 38.6 Å². The minimum atomic E-state index is 0.646. The summed E-state index contributed by atoms with van der Waals surface area (Å²) in [6, 6.07) is 0.683. The molecule has 0 radical (unpaired) electrons. The molecule has 1 saturated heterocycles. The Morgan fingerprint density at radius 3 is 3.00 bits per heavy atom. The molecule has 3 N–H and O–H groups in total. The van der Waals surface area contributed by atoms with Gasteiger partial charge in [0.1, 0.15) is 0 Å². The summed E-state index contributed by atoms with van der Waals surface area (Å²) in [5.74, 6) is 0.646. The van der Waals surface area contributed by atoms with Crippen LogP contribution in [0.4, 0.5) is 0 Å². The van der Waals surface area contributed by atoms with E-state index in [1.165, 1.54) is 32.2 Å². The fourth-order valence-corrected chi connectivity index (χ4v) is 1.71. The van der Waals surface area contributed by atoms with Gasteiger partial charge in [0.15, 0.2) is 0 Å². The lowest BCUT2D eigenvalue weighted by molar-refractivity contribution is 0.377.